The molecular formula is C30H31FN2O5. The van der Waals surface area contributed by atoms with Gasteiger partial charge < -0.3 is 24.8 Å². The molecule has 3 aromatic carbocycles. The molecule has 0 aromatic heterocycles. The lowest BCUT2D eigenvalue weighted by Crippen LogP contribution is -2.57. The van der Waals surface area contributed by atoms with Crippen LogP contribution in [0.2, 0.25) is 0 Å². The molecule has 7 nitrogen and oxygen atoms in total. The van der Waals surface area contributed by atoms with Gasteiger partial charge in [0.15, 0.2) is 0 Å². The zero-order valence-corrected chi connectivity index (χ0v) is 21.0. The van der Waals surface area contributed by atoms with Gasteiger partial charge >= 0.3 is 0 Å². The smallest absolute Gasteiger partial charge is 0.254 e. The van der Waals surface area contributed by atoms with E-state index in [1.807, 2.05) is 54.6 Å². The van der Waals surface area contributed by atoms with Crippen molar-refractivity contribution in [3.05, 3.63) is 90.2 Å². The number of hydrogen-bond acceptors (Lipinski definition) is 5. The van der Waals surface area contributed by atoms with Gasteiger partial charge in [0.1, 0.15) is 11.9 Å². The highest BCUT2D eigenvalue weighted by atomic mass is 19.1. The lowest BCUT2D eigenvalue weighted by Gasteiger charge is -2.44. The van der Waals surface area contributed by atoms with Gasteiger partial charge in [-0.2, -0.15) is 0 Å². The lowest BCUT2D eigenvalue weighted by atomic mass is 9.94. The molecule has 2 aliphatic rings. The standard InChI is InChI=1S/C30H31FN2O5/c31-23-10-6-22(7-11-23)30(36)33-17-25(34)18-37-19-28-27(33)15-14-26(38-28)16-29(35)32-24-12-8-21(9-13-24)20-4-2-1-3-5-20/h1-13,25-28,34H,14-19H2,(H,32,35)/t25-,26+,27-,28+/m0/s1. The average molecular weight is 519 g/mol. The third-order valence-corrected chi connectivity index (χ3v) is 7.02. The first-order valence-corrected chi connectivity index (χ1v) is 12.9. The fourth-order valence-corrected chi connectivity index (χ4v) is 5.13. The van der Waals surface area contributed by atoms with Gasteiger partial charge in [-0.15, -0.1) is 0 Å². The molecule has 38 heavy (non-hydrogen) atoms. The molecule has 8 heteroatoms. The lowest BCUT2D eigenvalue weighted by molar-refractivity contribution is -0.149. The van der Waals surface area contributed by atoms with Crippen LogP contribution in [-0.4, -0.2) is 65.9 Å². The van der Waals surface area contributed by atoms with Crippen LogP contribution in [0.25, 0.3) is 11.1 Å². The molecule has 2 fully saturated rings. The SMILES string of the molecule is O=C(C[C@H]1CC[C@H]2[C@@H](COC[C@@H](O)CN2C(=O)c2ccc(F)cc2)O1)Nc1ccc(-c2ccccc2)cc1. The molecular weight excluding hydrogens is 487 g/mol. The molecule has 5 rings (SSSR count). The Kier molecular flexibility index (Phi) is 8.12. The minimum absolute atomic E-state index is 0.0733. The van der Waals surface area contributed by atoms with E-state index in [0.29, 0.717) is 24.1 Å². The Bertz CT molecular complexity index is 1240. The Hall–Kier alpha value is -3.59. The summed E-state index contributed by atoms with van der Waals surface area (Å²) in [6, 6.07) is 22.8. The van der Waals surface area contributed by atoms with E-state index in [9.17, 15) is 19.1 Å². The fraction of sp³-hybridized carbons (Fsp3) is 0.333. The van der Waals surface area contributed by atoms with Crippen molar-refractivity contribution in [3.63, 3.8) is 0 Å². The molecule has 0 spiro atoms. The summed E-state index contributed by atoms with van der Waals surface area (Å²) in [5.74, 6) is -0.864. The second kappa shape index (κ2) is 11.9. The third kappa shape index (κ3) is 6.27. The van der Waals surface area contributed by atoms with Gasteiger partial charge in [0.25, 0.3) is 5.91 Å². The molecule has 3 aromatic rings. The van der Waals surface area contributed by atoms with Crippen molar-refractivity contribution >= 4 is 17.5 Å². The second-order valence-electron chi connectivity index (χ2n) is 9.79. The van der Waals surface area contributed by atoms with Crippen molar-refractivity contribution in [1.29, 1.82) is 0 Å². The monoisotopic (exact) mass is 518 g/mol. The second-order valence-corrected chi connectivity index (χ2v) is 9.79. The molecule has 198 valence electrons. The quantitative estimate of drug-likeness (QED) is 0.527. The van der Waals surface area contributed by atoms with Crippen LogP contribution in [0, 0.1) is 5.82 Å². The van der Waals surface area contributed by atoms with Crippen molar-refractivity contribution in [1.82, 2.24) is 4.90 Å². The predicted molar refractivity (Wildman–Crippen MR) is 141 cm³/mol. The highest BCUT2D eigenvalue weighted by molar-refractivity contribution is 5.94. The van der Waals surface area contributed by atoms with Crippen molar-refractivity contribution in [2.45, 2.75) is 43.6 Å². The van der Waals surface area contributed by atoms with Gasteiger partial charge in [0.2, 0.25) is 5.91 Å². The molecule has 0 bridgehead atoms. The van der Waals surface area contributed by atoms with E-state index in [1.165, 1.54) is 24.3 Å². The number of hydrogen-bond donors (Lipinski definition) is 2. The number of carbonyl (C=O) groups excluding carboxylic acids is 2. The maximum absolute atomic E-state index is 13.4. The topological polar surface area (TPSA) is 88.1 Å². The molecule has 0 saturated carbocycles. The summed E-state index contributed by atoms with van der Waals surface area (Å²) in [5.41, 5.74) is 3.23. The summed E-state index contributed by atoms with van der Waals surface area (Å²) in [4.78, 5) is 27.7. The zero-order chi connectivity index (χ0) is 26.5. The van der Waals surface area contributed by atoms with Crippen LogP contribution in [0.4, 0.5) is 10.1 Å². The maximum Gasteiger partial charge on any atom is 0.254 e. The number of β-amino-alcohol motifs (C(OH)–C–C–N with tert-alkyl or cyclic N) is 1. The van der Waals surface area contributed by atoms with Crippen LogP contribution in [-0.2, 0) is 14.3 Å². The summed E-state index contributed by atoms with van der Waals surface area (Å²) in [6.07, 6.45) is -0.253. The Labute approximate surface area is 221 Å². The minimum atomic E-state index is -0.836. The molecule has 0 radical (unpaired) electrons. The largest absolute Gasteiger partial charge is 0.389 e. The first-order chi connectivity index (χ1) is 18.5. The van der Waals surface area contributed by atoms with E-state index in [4.69, 9.17) is 9.47 Å². The summed E-state index contributed by atoms with van der Waals surface area (Å²) in [7, 11) is 0. The number of ether oxygens (including phenoxy) is 2. The van der Waals surface area contributed by atoms with Gasteiger partial charge in [0.05, 0.1) is 37.9 Å². The van der Waals surface area contributed by atoms with Crippen LogP contribution < -0.4 is 5.32 Å². The number of anilines is 1. The van der Waals surface area contributed by atoms with Crippen LogP contribution in [0.15, 0.2) is 78.9 Å². The van der Waals surface area contributed by atoms with E-state index in [1.54, 1.807) is 4.90 Å². The number of carbonyl (C=O) groups is 2. The third-order valence-electron chi connectivity index (χ3n) is 7.02. The number of aliphatic hydroxyl groups excluding tert-OH is 1. The number of rotatable bonds is 5. The molecule has 2 N–H and O–H groups in total. The van der Waals surface area contributed by atoms with Crippen LogP contribution >= 0.6 is 0 Å². The van der Waals surface area contributed by atoms with Crippen LogP contribution in [0.5, 0.6) is 0 Å². The molecule has 2 amide bonds. The van der Waals surface area contributed by atoms with Crippen molar-refractivity contribution in [2.75, 3.05) is 25.1 Å². The van der Waals surface area contributed by atoms with Crippen molar-refractivity contribution in [3.8, 4) is 11.1 Å². The maximum atomic E-state index is 13.4. The average Bonchev–Trinajstić information content (AvgIpc) is 2.92. The van der Waals surface area contributed by atoms with E-state index < -0.39 is 18.0 Å². The van der Waals surface area contributed by atoms with Crippen molar-refractivity contribution in [2.24, 2.45) is 0 Å². The number of amides is 2. The summed E-state index contributed by atoms with van der Waals surface area (Å²) in [5, 5.41) is 13.3. The Balaban J connectivity index is 1.21. The van der Waals surface area contributed by atoms with Crippen LogP contribution in [0.3, 0.4) is 0 Å². The van der Waals surface area contributed by atoms with Gasteiger partial charge in [-0.25, -0.2) is 4.39 Å². The molecule has 2 saturated heterocycles. The summed E-state index contributed by atoms with van der Waals surface area (Å²) < 4.78 is 25.3. The normalized spacial score (nSPS) is 23.6. The highest BCUT2D eigenvalue weighted by Crippen LogP contribution is 2.29. The molecule has 0 aliphatic carbocycles. The first-order valence-electron chi connectivity index (χ1n) is 12.9. The van der Waals surface area contributed by atoms with E-state index >= 15 is 0 Å². The zero-order valence-electron chi connectivity index (χ0n) is 21.0. The number of aliphatic hydroxyl groups is 1. The number of fused-ring (bicyclic) bond motifs is 1. The number of nitrogens with one attached hydrogen (secondary N) is 1. The van der Waals surface area contributed by atoms with Crippen LogP contribution in [0.1, 0.15) is 29.6 Å². The molecule has 2 heterocycles. The van der Waals surface area contributed by atoms with E-state index in [2.05, 4.69) is 5.32 Å². The number of nitrogens with zero attached hydrogens (tertiary/aromatic N) is 1. The Morgan fingerprint density at radius 3 is 2.37 bits per heavy atom. The summed E-state index contributed by atoms with van der Waals surface area (Å²) in [6.45, 7) is 0.364. The van der Waals surface area contributed by atoms with E-state index in [-0.39, 0.29) is 50.1 Å². The van der Waals surface area contributed by atoms with Crippen molar-refractivity contribution < 1.29 is 28.6 Å². The first kappa shape index (κ1) is 26.0. The Morgan fingerprint density at radius 1 is 0.921 bits per heavy atom. The Morgan fingerprint density at radius 2 is 1.63 bits per heavy atom. The van der Waals surface area contributed by atoms with E-state index in [0.717, 1.165) is 11.1 Å². The number of benzene rings is 3. The number of halogens is 1. The van der Waals surface area contributed by atoms with Gasteiger partial charge in [0, 0.05) is 17.8 Å². The predicted octanol–water partition coefficient (Wildman–Crippen LogP) is 4.27. The van der Waals surface area contributed by atoms with Gasteiger partial charge in [-0.3, -0.25) is 9.59 Å². The fourth-order valence-electron chi connectivity index (χ4n) is 5.13. The summed E-state index contributed by atoms with van der Waals surface area (Å²) >= 11 is 0. The minimum Gasteiger partial charge on any atom is -0.389 e. The molecule has 0 unspecified atom stereocenters. The van der Waals surface area contributed by atoms with Gasteiger partial charge in [-0.1, -0.05) is 42.5 Å². The molecule has 2 aliphatic heterocycles. The highest BCUT2D eigenvalue weighted by Gasteiger charge is 2.40. The van der Waals surface area contributed by atoms with Gasteiger partial charge in [-0.05, 0) is 60.4 Å². The molecule has 4 atom stereocenters.